The zero-order valence-electron chi connectivity index (χ0n) is 19.1. The van der Waals surface area contributed by atoms with Gasteiger partial charge in [0.25, 0.3) is 0 Å². The summed E-state index contributed by atoms with van der Waals surface area (Å²) < 4.78 is 1.26. The first-order valence-electron chi connectivity index (χ1n) is 11.0. The first-order chi connectivity index (χ1) is 18.2. The Morgan fingerprint density at radius 2 is 1.58 bits per heavy atom. The zero-order valence-corrected chi connectivity index (χ0v) is 23.0. The van der Waals surface area contributed by atoms with Gasteiger partial charge in [-0.05, 0) is 60.2 Å². The molecule has 38 heavy (non-hydrogen) atoms. The van der Waals surface area contributed by atoms with Crippen molar-refractivity contribution >= 4 is 98.7 Å². The number of nitrogens with one attached hydrogen (secondary N) is 2. The van der Waals surface area contributed by atoms with Gasteiger partial charge in [0, 0.05) is 28.7 Å². The summed E-state index contributed by atoms with van der Waals surface area (Å²) in [5, 5.41) is 17.7. The van der Waals surface area contributed by atoms with E-state index in [1.165, 1.54) is 4.57 Å². The number of hydrogen-bond donors (Lipinski definition) is 3. The summed E-state index contributed by atoms with van der Waals surface area (Å²) in [6.45, 7) is 0.133. The second-order valence-corrected chi connectivity index (χ2v) is 10.8. The highest BCUT2D eigenvalue weighted by molar-refractivity contribution is 7.10. The fourth-order valence-electron chi connectivity index (χ4n) is 3.76. The summed E-state index contributed by atoms with van der Waals surface area (Å²) in [4.78, 5) is 29.6. The van der Waals surface area contributed by atoms with Gasteiger partial charge in [0.2, 0.25) is 5.88 Å². The first-order valence-corrected chi connectivity index (χ1v) is 13.3. The van der Waals surface area contributed by atoms with Gasteiger partial charge in [0.05, 0.1) is 37.2 Å². The maximum absolute atomic E-state index is 12.6. The molecule has 0 saturated carbocycles. The van der Waals surface area contributed by atoms with Crippen molar-refractivity contribution in [3.8, 4) is 5.88 Å². The lowest BCUT2D eigenvalue weighted by atomic mass is 10.1. The van der Waals surface area contributed by atoms with Crippen LogP contribution < -0.4 is 15.5 Å². The number of urea groups is 1. The third kappa shape index (κ3) is 5.60. The van der Waals surface area contributed by atoms with Gasteiger partial charge in [-0.2, -0.15) is 0 Å². The Hall–Kier alpha value is -3.27. The van der Waals surface area contributed by atoms with E-state index < -0.39 is 6.03 Å². The lowest BCUT2D eigenvalue weighted by Gasteiger charge is -2.10. The molecule has 0 unspecified atom stereocenters. The fourth-order valence-corrected chi connectivity index (χ4v) is 5.21. The van der Waals surface area contributed by atoms with Gasteiger partial charge in [0.1, 0.15) is 0 Å². The lowest BCUT2D eigenvalue weighted by molar-refractivity contribution is 0.262. The van der Waals surface area contributed by atoms with Crippen LogP contribution in [0.15, 0.2) is 64.4 Å². The molecule has 3 aromatic carbocycles. The average molecular weight is 606 g/mol. The monoisotopic (exact) mass is 604 g/mol. The number of carbonyl (C=O) groups excluding carboxylic acids is 1. The number of rotatable bonds is 5. The minimum atomic E-state index is -0.469. The molecule has 0 bridgehead atoms. The van der Waals surface area contributed by atoms with Crippen molar-refractivity contribution < 1.29 is 9.90 Å². The van der Waals surface area contributed by atoms with Gasteiger partial charge in [-0.1, -0.05) is 63.8 Å². The molecule has 0 fully saturated rings. The summed E-state index contributed by atoms with van der Waals surface area (Å²) in [5.41, 5.74) is 3.82. The number of halogens is 4. The molecule has 2 heterocycles. The molecular formula is C26H16Cl4N4O3S. The maximum atomic E-state index is 12.6. The fraction of sp³-hybridized carbons (Fsp3) is 0.0385. The number of allylic oxidation sites excluding steroid dienone is 1. The van der Waals surface area contributed by atoms with Gasteiger partial charge >= 0.3 is 10.9 Å². The molecule has 0 spiro atoms. The van der Waals surface area contributed by atoms with E-state index in [2.05, 4.69) is 15.6 Å². The van der Waals surface area contributed by atoms with Crippen LogP contribution in [0.25, 0.3) is 11.6 Å². The van der Waals surface area contributed by atoms with Crippen LogP contribution >= 0.6 is 57.7 Å². The molecule has 4 aromatic rings. The van der Waals surface area contributed by atoms with Gasteiger partial charge < -0.3 is 15.7 Å². The molecule has 3 N–H and O–H groups in total. The van der Waals surface area contributed by atoms with Crippen molar-refractivity contribution in [2.45, 2.75) is 6.54 Å². The number of fused-ring (bicyclic) bond motifs is 1. The summed E-state index contributed by atoms with van der Waals surface area (Å²) in [5.74, 6) is -0.171. The van der Waals surface area contributed by atoms with E-state index in [0.717, 1.165) is 22.5 Å². The predicted molar refractivity (Wildman–Crippen MR) is 157 cm³/mol. The van der Waals surface area contributed by atoms with Crippen LogP contribution in [0.2, 0.25) is 20.1 Å². The average Bonchev–Trinajstić information content (AvgIpc) is 3.39. The van der Waals surface area contributed by atoms with E-state index in [9.17, 15) is 14.7 Å². The number of anilines is 2. The Morgan fingerprint density at radius 3 is 2.29 bits per heavy atom. The summed E-state index contributed by atoms with van der Waals surface area (Å²) >= 11 is 24.9. The molecule has 1 aliphatic rings. The topological polar surface area (TPSA) is 95.7 Å². The summed E-state index contributed by atoms with van der Waals surface area (Å²) in [6.07, 6.45) is 3.32. The number of benzene rings is 3. The minimum Gasteiger partial charge on any atom is -0.493 e. The number of thiazole rings is 1. The van der Waals surface area contributed by atoms with E-state index in [0.29, 0.717) is 47.6 Å². The summed E-state index contributed by atoms with van der Waals surface area (Å²) in [7, 11) is 0. The molecule has 1 aliphatic heterocycles. The Bertz CT molecular complexity index is 1710. The molecule has 7 nitrogen and oxygen atoms in total. The Balaban J connectivity index is 1.36. The van der Waals surface area contributed by atoms with Crippen LogP contribution in [0.1, 0.15) is 16.0 Å². The van der Waals surface area contributed by atoms with Crippen LogP contribution in [0.3, 0.4) is 0 Å². The van der Waals surface area contributed by atoms with Crippen LogP contribution in [-0.2, 0) is 6.54 Å². The third-order valence-electron chi connectivity index (χ3n) is 5.59. The standard InChI is InChI=1S/C26H16Cl4N4O3S/c27-18-4-1-13(7-20(18)29)12-34-24(35)23(38-26(34)37)8-14-11-31-22-6-3-15(9-17(14)22)32-25(36)33-16-2-5-19(28)21(30)10-16/h1-11,35H,12H2,(H2,32,33,36). The van der Waals surface area contributed by atoms with Crippen LogP contribution in [-0.4, -0.2) is 21.9 Å². The van der Waals surface area contributed by atoms with E-state index in [4.69, 9.17) is 46.4 Å². The molecule has 0 saturated heterocycles. The Labute approximate surface area is 240 Å². The highest BCUT2D eigenvalue weighted by Crippen LogP contribution is 2.36. The van der Waals surface area contributed by atoms with E-state index in [-0.39, 0.29) is 17.3 Å². The number of hydrogen-bond acceptors (Lipinski definition) is 5. The molecule has 0 radical (unpaired) electrons. The molecule has 12 heteroatoms. The smallest absolute Gasteiger partial charge is 0.323 e. The van der Waals surface area contributed by atoms with E-state index in [1.54, 1.807) is 66.9 Å². The van der Waals surface area contributed by atoms with Crippen molar-refractivity contribution in [2.24, 2.45) is 4.99 Å². The number of carbonyl (C=O) groups is 1. The normalized spacial score (nSPS) is 13.1. The molecule has 1 aromatic heterocycles. The number of nitrogens with zero attached hydrogens (tertiary/aromatic N) is 2. The minimum absolute atomic E-state index is 0.133. The van der Waals surface area contributed by atoms with Gasteiger partial charge in [-0.15, -0.1) is 0 Å². The largest absolute Gasteiger partial charge is 0.493 e. The Morgan fingerprint density at radius 1 is 0.921 bits per heavy atom. The second-order valence-electron chi connectivity index (χ2n) is 8.19. The molecule has 5 rings (SSSR count). The van der Waals surface area contributed by atoms with Gasteiger partial charge in [-0.3, -0.25) is 14.4 Å². The molecule has 0 atom stereocenters. The predicted octanol–water partition coefficient (Wildman–Crippen LogP) is 8.18. The van der Waals surface area contributed by atoms with Gasteiger partial charge in [-0.25, -0.2) is 4.79 Å². The quantitative estimate of drug-likeness (QED) is 0.214. The maximum Gasteiger partial charge on any atom is 0.323 e. The second kappa shape index (κ2) is 10.8. The lowest BCUT2D eigenvalue weighted by Crippen LogP contribution is -2.19. The van der Waals surface area contributed by atoms with Gasteiger partial charge in [0.15, 0.2) is 0 Å². The molecular weight excluding hydrogens is 590 g/mol. The van der Waals surface area contributed by atoms with Crippen molar-refractivity contribution in [1.82, 2.24) is 4.57 Å². The van der Waals surface area contributed by atoms with Crippen LogP contribution in [0.4, 0.5) is 21.9 Å². The third-order valence-corrected chi connectivity index (χ3v) is 7.98. The summed E-state index contributed by atoms with van der Waals surface area (Å²) in [6, 6.07) is 14.6. The number of aromatic nitrogens is 1. The number of amides is 2. The highest BCUT2D eigenvalue weighted by Gasteiger charge is 2.18. The zero-order chi connectivity index (χ0) is 27.0. The van der Waals surface area contributed by atoms with E-state index >= 15 is 0 Å². The van der Waals surface area contributed by atoms with Crippen molar-refractivity contribution in [3.63, 3.8) is 0 Å². The Kier molecular flexibility index (Phi) is 7.52. The molecule has 2 amide bonds. The SMILES string of the molecule is O=C(Nc1ccc(Cl)c(Cl)c1)Nc1ccc2c(c1)C(=Cc1sc(=O)n(Cc3ccc(Cl)c(Cl)c3)c1O)C=N2. The van der Waals surface area contributed by atoms with E-state index in [1.807, 2.05) is 0 Å². The highest BCUT2D eigenvalue weighted by atomic mass is 35.5. The van der Waals surface area contributed by atoms with Crippen molar-refractivity contribution in [2.75, 3.05) is 10.6 Å². The molecule has 0 aliphatic carbocycles. The van der Waals surface area contributed by atoms with Crippen molar-refractivity contribution in [1.29, 1.82) is 0 Å². The van der Waals surface area contributed by atoms with Crippen LogP contribution in [0, 0.1) is 0 Å². The molecule has 192 valence electrons. The number of aromatic hydroxyl groups is 1. The van der Waals surface area contributed by atoms with Crippen molar-refractivity contribution in [3.05, 3.63) is 100 Å². The first kappa shape index (κ1) is 26.3. The van der Waals surface area contributed by atoms with Crippen LogP contribution in [0.5, 0.6) is 5.88 Å². The number of aliphatic imine (C=N–C) groups is 1.